The molecule has 1 aliphatic rings. The molecule has 1 amide bonds. The molecule has 92 valence electrons. The van der Waals surface area contributed by atoms with Gasteiger partial charge in [-0.25, -0.2) is 0 Å². The van der Waals surface area contributed by atoms with Gasteiger partial charge in [0.25, 0.3) is 0 Å². The van der Waals surface area contributed by atoms with Crippen LogP contribution in [0.1, 0.15) is 31.7 Å². The number of nitrogens with one attached hydrogen (secondary N) is 1. The van der Waals surface area contributed by atoms with Gasteiger partial charge in [0.2, 0.25) is 5.91 Å². The van der Waals surface area contributed by atoms with Crippen molar-refractivity contribution in [2.75, 3.05) is 5.32 Å². The van der Waals surface area contributed by atoms with Gasteiger partial charge in [-0.05, 0) is 43.4 Å². The standard InChI is InChI=1S/C14H20N2O/c1-2-10-4-3-5-13(8-10)16-14(17)11-6-7-12(15)9-11/h3-5,8,11-12H,2,6-7,9,15H2,1H3,(H,16,17). The highest BCUT2D eigenvalue weighted by Gasteiger charge is 2.27. The Morgan fingerprint density at radius 3 is 2.94 bits per heavy atom. The van der Waals surface area contributed by atoms with Crippen molar-refractivity contribution >= 4 is 11.6 Å². The molecule has 2 unspecified atom stereocenters. The maximum absolute atomic E-state index is 12.0. The SMILES string of the molecule is CCc1cccc(NC(=O)C2CCC(N)C2)c1. The van der Waals surface area contributed by atoms with Crippen LogP contribution < -0.4 is 11.1 Å². The van der Waals surface area contributed by atoms with Gasteiger partial charge in [-0.3, -0.25) is 4.79 Å². The fourth-order valence-corrected chi connectivity index (χ4v) is 2.37. The first-order valence-electron chi connectivity index (χ1n) is 6.34. The van der Waals surface area contributed by atoms with E-state index in [1.54, 1.807) is 0 Å². The second-order valence-corrected chi connectivity index (χ2v) is 4.81. The van der Waals surface area contributed by atoms with E-state index >= 15 is 0 Å². The van der Waals surface area contributed by atoms with Crippen molar-refractivity contribution in [2.45, 2.75) is 38.6 Å². The molecule has 1 fully saturated rings. The summed E-state index contributed by atoms with van der Waals surface area (Å²) in [5.74, 6) is 0.210. The summed E-state index contributed by atoms with van der Waals surface area (Å²) >= 11 is 0. The third-order valence-electron chi connectivity index (χ3n) is 3.45. The van der Waals surface area contributed by atoms with Crippen molar-refractivity contribution < 1.29 is 4.79 Å². The number of anilines is 1. The van der Waals surface area contributed by atoms with E-state index in [0.717, 1.165) is 31.4 Å². The van der Waals surface area contributed by atoms with Gasteiger partial charge in [-0.2, -0.15) is 0 Å². The molecule has 1 aromatic rings. The van der Waals surface area contributed by atoms with E-state index in [2.05, 4.69) is 18.3 Å². The summed E-state index contributed by atoms with van der Waals surface area (Å²) in [4.78, 5) is 12.0. The van der Waals surface area contributed by atoms with Crippen molar-refractivity contribution in [3.05, 3.63) is 29.8 Å². The van der Waals surface area contributed by atoms with Crippen LogP contribution in [0.2, 0.25) is 0 Å². The Kier molecular flexibility index (Phi) is 3.79. The molecule has 0 heterocycles. The van der Waals surface area contributed by atoms with Crippen molar-refractivity contribution in [1.29, 1.82) is 0 Å². The largest absolute Gasteiger partial charge is 0.328 e. The lowest BCUT2D eigenvalue weighted by Crippen LogP contribution is -2.23. The predicted molar refractivity (Wildman–Crippen MR) is 69.8 cm³/mol. The zero-order valence-electron chi connectivity index (χ0n) is 10.3. The number of carbonyl (C=O) groups is 1. The molecule has 1 aliphatic carbocycles. The van der Waals surface area contributed by atoms with Crippen LogP contribution in [-0.4, -0.2) is 11.9 Å². The van der Waals surface area contributed by atoms with Crippen LogP contribution in [0.3, 0.4) is 0 Å². The topological polar surface area (TPSA) is 55.1 Å². The molecule has 0 aromatic heterocycles. The van der Waals surface area contributed by atoms with E-state index in [0.29, 0.717) is 0 Å². The summed E-state index contributed by atoms with van der Waals surface area (Å²) in [6.07, 6.45) is 3.69. The first-order chi connectivity index (χ1) is 8.19. The molecule has 0 aliphatic heterocycles. The molecule has 2 atom stereocenters. The van der Waals surface area contributed by atoms with Crippen LogP contribution in [0, 0.1) is 5.92 Å². The normalized spacial score (nSPS) is 23.6. The summed E-state index contributed by atoms with van der Waals surface area (Å²) in [6.45, 7) is 2.11. The Morgan fingerprint density at radius 1 is 1.47 bits per heavy atom. The maximum Gasteiger partial charge on any atom is 0.227 e. The second-order valence-electron chi connectivity index (χ2n) is 4.81. The molecule has 1 aromatic carbocycles. The van der Waals surface area contributed by atoms with E-state index in [9.17, 15) is 4.79 Å². The lowest BCUT2D eigenvalue weighted by atomic mass is 10.1. The van der Waals surface area contributed by atoms with Crippen LogP contribution in [0.25, 0.3) is 0 Å². The van der Waals surface area contributed by atoms with Crippen molar-refractivity contribution in [3.63, 3.8) is 0 Å². The minimum absolute atomic E-state index is 0.0929. The first kappa shape index (κ1) is 12.1. The number of carbonyl (C=O) groups excluding carboxylic acids is 1. The molecule has 2 rings (SSSR count). The number of hydrogen-bond acceptors (Lipinski definition) is 2. The van der Waals surface area contributed by atoms with Crippen LogP contribution in [0.5, 0.6) is 0 Å². The molecule has 3 nitrogen and oxygen atoms in total. The maximum atomic E-state index is 12.0. The average molecular weight is 232 g/mol. The Bertz CT molecular complexity index is 403. The molecule has 0 radical (unpaired) electrons. The third-order valence-corrected chi connectivity index (χ3v) is 3.45. The number of amides is 1. The molecule has 0 saturated heterocycles. The van der Waals surface area contributed by atoms with E-state index in [-0.39, 0.29) is 17.9 Å². The highest BCUT2D eigenvalue weighted by atomic mass is 16.1. The van der Waals surface area contributed by atoms with Gasteiger partial charge in [0.1, 0.15) is 0 Å². The van der Waals surface area contributed by atoms with Gasteiger partial charge in [0.05, 0.1) is 0 Å². The fourth-order valence-electron chi connectivity index (χ4n) is 2.37. The molecular weight excluding hydrogens is 212 g/mol. The number of benzene rings is 1. The molecule has 17 heavy (non-hydrogen) atoms. The summed E-state index contributed by atoms with van der Waals surface area (Å²) in [7, 11) is 0. The highest BCUT2D eigenvalue weighted by molar-refractivity contribution is 5.92. The minimum atomic E-state index is 0.0929. The van der Waals surface area contributed by atoms with E-state index < -0.39 is 0 Å². The summed E-state index contributed by atoms with van der Waals surface area (Å²) in [5.41, 5.74) is 7.96. The quantitative estimate of drug-likeness (QED) is 0.840. The smallest absolute Gasteiger partial charge is 0.227 e. The zero-order valence-corrected chi connectivity index (χ0v) is 10.3. The van der Waals surface area contributed by atoms with Crippen molar-refractivity contribution in [3.8, 4) is 0 Å². The molecule has 3 heteroatoms. The van der Waals surface area contributed by atoms with Crippen LogP contribution >= 0.6 is 0 Å². The molecule has 0 spiro atoms. The number of hydrogen-bond donors (Lipinski definition) is 2. The van der Waals surface area contributed by atoms with Crippen LogP contribution in [0.15, 0.2) is 24.3 Å². The summed E-state index contributed by atoms with van der Waals surface area (Å²) in [5, 5.41) is 2.98. The van der Waals surface area contributed by atoms with Crippen LogP contribution in [0.4, 0.5) is 5.69 Å². The second kappa shape index (κ2) is 5.32. The lowest BCUT2D eigenvalue weighted by molar-refractivity contribution is -0.119. The van der Waals surface area contributed by atoms with Gasteiger partial charge in [-0.15, -0.1) is 0 Å². The Balaban J connectivity index is 1.98. The van der Waals surface area contributed by atoms with Gasteiger partial charge < -0.3 is 11.1 Å². The monoisotopic (exact) mass is 232 g/mol. The van der Waals surface area contributed by atoms with Crippen molar-refractivity contribution in [2.24, 2.45) is 11.7 Å². The van der Waals surface area contributed by atoms with Crippen molar-refractivity contribution in [1.82, 2.24) is 0 Å². The molecule has 3 N–H and O–H groups in total. The zero-order chi connectivity index (χ0) is 12.3. The minimum Gasteiger partial charge on any atom is -0.328 e. The van der Waals surface area contributed by atoms with Gasteiger partial charge >= 0.3 is 0 Å². The van der Waals surface area contributed by atoms with Gasteiger partial charge in [0, 0.05) is 17.6 Å². The Hall–Kier alpha value is -1.35. The molecule has 1 saturated carbocycles. The fraction of sp³-hybridized carbons (Fsp3) is 0.500. The summed E-state index contributed by atoms with van der Waals surface area (Å²) in [6, 6.07) is 8.22. The average Bonchev–Trinajstić information content (AvgIpc) is 2.76. The highest BCUT2D eigenvalue weighted by Crippen LogP contribution is 2.25. The lowest BCUT2D eigenvalue weighted by Gasteiger charge is -2.11. The van der Waals surface area contributed by atoms with Gasteiger partial charge in [-0.1, -0.05) is 19.1 Å². The van der Waals surface area contributed by atoms with E-state index in [1.807, 2.05) is 18.2 Å². The first-order valence-corrected chi connectivity index (χ1v) is 6.34. The van der Waals surface area contributed by atoms with Gasteiger partial charge in [0.15, 0.2) is 0 Å². The number of aryl methyl sites for hydroxylation is 1. The number of nitrogens with two attached hydrogens (primary N) is 1. The molecule has 0 bridgehead atoms. The van der Waals surface area contributed by atoms with Crippen LogP contribution in [-0.2, 0) is 11.2 Å². The van der Waals surface area contributed by atoms with E-state index in [4.69, 9.17) is 5.73 Å². The summed E-state index contributed by atoms with van der Waals surface area (Å²) < 4.78 is 0. The predicted octanol–water partition coefficient (Wildman–Crippen LogP) is 2.31. The third kappa shape index (κ3) is 3.07. The van der Waals surface area contributed by atoms with E-state index in [1.165, 1.54) is 5.56 Å². The number of rotatable bonds is 3. The Morgan fingerprint density at radius 2 is 2.29 bits per heavy atom. The molecular formula is C14H20N2O. The Labute approximate surface area is 102 Å².